The Morgan fingerprint density at radius 1 is 1.25 bits per heavy atom. The van der Waals surface area contributed by atoms with Gasteiger partial charge in [0.15, 0.2) is 0 Å². The summed E-state index contributed by atoms with van der Waals surface area (Å²) in [6, 6.07) is 1.18. The maximum Gasteiger partial charge on any atom is 0.0897 e. The number of rotatable bonds is 8. The van der Waals surface area contributed by atoms with Crippen molar-refractivity contribution in [3.8, 4) is 0 Å². The Balaban J connectivity index is 1.60. The van der Waals surface area contributed by atoms with Crippen LogP contribution in [0.15, 0.2) is 0 Å². The van der Waals surface area contributed by atoms with E-state index in [9.17, 15) is 5.11 Å². The second kappa shape index (κ2) is 8.32. The van der Waals surface area contributed by atoms with E-state index < -0.39 is 0 Å². The van der Waals surface area contributed by atoms with Gasteiger partial charge in [-0.15, -0.1) is 0 Å². The van der Waals surface area contributed by atoms with Gasteiger partial charge in [-0.1, -0.05) is 13.8 Å². The summed E-state index contributed by atoms with van der Waals surface area (Å²) >= 11 is 0. The van der Waals surface area contributed by atoms with Gasteiger partial charge >= 0.3 is 0 Å². The number of aliphatic hydroxyl groups excluding tert-OH is 1. The van der Waals surface area contributed by atoms with E-state index in [0.717, 1.165) is 31.6 Å². The van der Waals surface area contributed by atoms with Crippen LogP contribution < -0.4 is 10.6 Å². The third kappa shape index (κ3) is 4.69. The van der Waals surface area contributed by atoms with Crippen LogP contribution in [0.2, 0.25) is 0 Å². The van der Waals surface area contributed by atoms with Gasteiger partial charge in [-0.3, -0.25) is 0 Å². The van der Waals surface area contributed by atoms with Crippen molar-refractivity contribution in [1.82, 2.24) is 10.6 Å². The zero-order valence-electron chi connectivity index (χ0n) is 13.1. The van der Waals surface area contributed by atoms with Crippen molar-refractivity contribution in [2.75, 3.05) is 19.7 Å². The van der Waals surface area contributed by atoms with E-state index in [0.29, 0.717) is 31.3 Å². The average molecular weight is 284 g/mol. The molecular formula is C16H32N2O2. The molecule has 1 aliphatic heterocycles. The van der Waals surface area contributed by atoms with Crippen LogP contribution in [-0.4, -0.2) is 49.1 Å². The summed E-state index contributed by atoms with van der Waals surface area (Å²) in [6.07, 6.45) is 7.08. The minimum absolute atomic E-state index is 0.338. The lowest BCUT2D eigenvalue weighted by atomic mass is 9.84. The predicted molar refractivity (Wildman–Crippen MR) is 81.9 cm³/mol. The number of hydrogen-bond donors (Lipinski definition) is 3. The highest BCUT2D eigenvalue weighted by Gasteiger charge is 2.34. The highest BCUT2D eigenvalue weighted by molar-refractivity contribution is 4.90. The molecule has 118 valence electrons. The number of aliphatic hydroxyl groups is 1. The van der Waals surface area contributed by atoms with Crippen LogP contribution >= 0.6 is 0 Å². The number of fused-ring (bicyclic) bond motifs is 1. The van der Waals surface area contributed by atoms with Gasteiger partial charge in [-0.2, -0.15) is 0 Å². The lowest BCUT2D eigenvalue weighted by molar-refractivity contribution is -0.0326. The smallest absolute Gasteiger partial charge is 0.0897 e. The van der Waals surface area contributed by atoms with Crippen LogP contribution in [0.4, 0.5) is 0 Å². The molecular weight excluding hydrogens is 252 g/mol. The first-order valence-electron chi connectivity index (χ1n) is 8.49. The van der Waals surface area contributed by atoms with Crippen molar-refractivity contribution >= 4 is 0 Å². The highest BCUT2D eigenvalue weighted by atomic mass is 16.5. The van der Waals surface area contributed by atoms with Crippen LogP contribution in [-0.2, 0) is 4.74 Å². The van der Waals surface area contributed by atoms with E-state index in [-0.39, 0.29) is 6.10 Å². The molecule has 0 bridgehead atoms. The Morgan fingerprint density at radius 3 is 2.80 bits per heavy atom. The van der Waals surface area contributed by atoms with E-state index >= 15 is 0 Å². The summed E-state index contributed by atoms with van der Waals surface area (Å²) in [5.74, 6) is 0.872. The van der Waals surface area contributed by atoms with Gasteiger partial charge in [0.1, 0.15) is 0 Å². The minimum Gasteiger partial charge on any atom is -0.389 e. The molecule has 4 unspecified atom stereocenters. The molecule has 0 radical (unpaired) electrons. The first-order chi connectivity index (χ1) is 9.72. The number of ether oxygens (including phenoxy) is 1. The molecule has 0 aromatic heterocycles. The molecule has 4 heteroatoms. The lowest BCUT2D eigenvalue weighted by Crippen LogP contribution is -2.40. The standard InChI is InChI=1S/C16H32N2O2/c1-3-13(4-2)18-10-14(19)11-20-15-6-5-12-7-8-17-16(12)9-15/h12-19H,3-11H2,1-2H3. The van der Waals surface area contributed by atoms with E-state index in [2.05, 4.69) is 24.5 Å². The zero-order valence-corrected chi connectivity index (χ0v) is 13.1. The molecule has 1 aliphatic carbocycles. The normalized spacial score (nSPS) is 31.5. The fraction of sp³-hybridized carbons (Fsp3) is 1.00. The minimum atomic E-state index is -0.384. The maximum absolute atomic E-state index is 10.0. The fourth-order valence-electron chi connectivity index (χ4n) is 3.58. The van der Waals surface area contributed by atoms with Crippen molar-refractivity contribution in [3.05, 3.63) is 0 Å². The Morgan fingerprint density at radius 2 is 2.05 bits per heavy atom. The molecule has 0 aromatic rings. The monoisotopic (exact) mass is 284 g/mol. The molecule has 1 heterocycles. The molecule has 2 rings (SSSR count). The highest BCUT2D eigenvalue weighted by Crippen LogP contribution is 2.32. The quantitative estimate of drug-likeness (QED) is 0.635. The van der Waals surface area contributed by atoms with Crippen molar-refractivity contribution in [2.45, 2.75) is 76.7 Å². The van der Waals surface area contributed by atoms with Gasteiger partial charge in [0.2, 0.25) is 0 Å². The maximum atomic E-state index is 10.0. The predicted octanol–water partition coefficient (Wildman–Crippen LogP) is 1.67. The molecule has 1 saturated heterocycles. The molecule has 1 saturated carbocycles. The fourth-order valence-corrected chi connectivity index (χ4v) is 3.58. The van der Waals surface area contributed by atoms with Gasteiger partial charge in [-0.25, -0.2) is 0 Å². The van der Waals surface area contributed by atoms with E-state index in [1.807, 2.05) is 0 Å². The number of nitrogens with one attached hydrogen (secondary N) is 2. The molecule has 0 aromatic carbocycles. The lowest BCUT2D eigenvalue weighted by Gasteiger charge is -2.32. The zero-order chi connectivity index (χ0) is 14.4. The molecule has 20 heavy (non-hydrogen) atoms. The summed E-state index contributed by atoms with van der Waals surface area (Å²) < 4.78 is 5.92. The summed E-state index contributed by atoms with van der Waals surface area (Å²) in [5.41, 5.74) is 0. The Hall–Kier alpha value is -0.160. The van der Waals surface area contributed by atoms with Crippen LogP contribution in [0.5, 0.6) is 0 Å². The topological polar surface area (TPSA) is 53.5 Å². The molecule has 4 nitrogen and oxygen atoms in total. The summed E-state index contributed by atoms with van der Waals surface area (Å²) in [4.78, 5) is 0. The molecule has 2 aliphatic rings. The van der Waals surface area contributed by atoms with Gasteiger partial charge < -0.3 is 20.5 Å². The van der Waals surface area contributed by atoms with Gasteiger partial charge in [0, 0.05) is 18.6 Å². The first-order valence-corrected chi connectivity index (χ1v) is 8.49. The van der Waals surface area contributed by atoms with E-state index in [1.54, 1.807) is 0 Å². The Labute approximate surface area is 123 Å². The first kappa shape index (κ1) is 16.2. The molecule has 2 fully saturated rings. The van der Waals surface area contributed by atoms with Crippen molar-refractivity contribution in [1.29, 1.82) is 0 Å². The van der Waals surface area contributed by atoms with E-state index in [4.69, 9.17) is 4.74 Å². The summed E-state index contributed by atoms with van der Waals surface area (Å²) in [6.45, 7) is 6.64. The molecule has 3 N–H and O–H groups in total. The summed E-state index contributed by atoms with van der Waals surface area (Å²) in [5, 5.41) is 17.0. The second-order valence-electron chi connectivity index (χ2n) is 6.45. The van der Waals surface area contributed by atoms with Crippen LogP contribution in [0.1, 0.15) is 52.4 Å². The molecule has 0 spiro atoms. The largest absolute Gasteiger partial charge is 0.389 e. The van der Waals surface area contributed by atoms with Crippen LogP contribution in [0.3, 0.4) is 0 Å². The Bertz CT molecular complexity index is 271. The van der Waals surface area contributed by atoms with Gasteiger partial charge in [0.05, 0.1) is 18.8 Å². The van der Waals surface area contributed by atoms with Gasteiger partial charge in [-0.05, 0) is 51.0 Å². The van der Waals surface area contributed by atoms with Crippen molar-refractivity contribution in [2.24, 2.45) is 5.92 Å². The van der Waals surface area contributed by atoms with E-state index in [1.165, 1.54) is 19.4 Å². The van der Waals surface area contributed by atoms with Crippen LogP contribution in [0.25, 0.3) is 0 Å². The molecule has 0 amide bonds. The second-order valence-corrected chi connectivity index (χ2v) is 6.45. The third-order valence-electron chi connectivity index (χ3n) is 5.02. The number of hydrogen-bond acceptors (Lipinski definition) is 4. The van der Waals surface area contributed by atoms with Crippen LogP contribution in [0, 0.1) is 5.92 Å². The van der Waals surface area contributed by atoms with Gasteiger partial charge in [0.25, 0.3) is 0 Å². The van der Waals surface area contributed by atoms with Crippen molar-refractivity contribution in [3.63, 3.8) is 0 Å². The SMILES string of the molecule is CCC(CC)NCC(O)COC1CCC2CCNC2C1. The Kier molecular flexibility index (Phi) is 6.75. The summed E-state index contributed by atoms with van der Waals surface area (Å²) in [7, 11) is 0. The average Bonchev–Trinajstić information content (AvgIpc) is 2.93. The van der Waals surface area contributed by atoms with Crippen molar-refractivity contribution < 1.29 is 9.84 Å². The third-order valence-corrected chi connectivity index (χ3v) is 5.02. The molecule has 4 atom stereocenters.